The minimum atomic E-state index is 0. The molecule has 0 amide bonds. The maximum absolute atomic E-state index is 5.33. The van der Waals surface area contributed by atoms with Crippen LogP contribution in [0.4, 0.5) is 0 Å². The second-order valence-electron chi connectivity index (χ2n) is 6.90. The zero-order valence-corrected chi connectivity index (χ0v) is 17.2. The second-order valence-corrected chi connectivity index (χ2v) is 6.90. The Balaban J connectivity index is 0. The monoisotopic (exact) mass is 401 g/mol. The van der Waals surface area contributed by atoms with Crippen molar-refractivity contribution in [1.29, 1.82) is 4.78 Å². The Bertz CT molecular complexity index is 390. The van der Waals surface area contributed by atoms with Gasteiger partial charge in [-0.2, -0.15) is 0 Å². The van der Waals surface area contributed by atoms with E-state index >= 15 is 0 Å². The van der Waals surface area contributed by atoms with E-state index in [2.05, 4.69) is 32.2 Å². The highest BCUT2D eigenvalue weighted by Crippen LogP contribution is 2.16. The molecule has 4 aliphatic rings. The lowest BCUT2D eigenvalue weighted by Crippen LogP contribution is -2.34. The molecule has 0 unspecified atom stereocenters. The Hall–Kier alpha value is -1.12. The Kier molecular flexibility index (Phi) is 17.7. The van der Waals surface area contributed by atoms with Crippen molar-refractivity contribution in [3.8, 4) is 0 Å². The van der Waals surface area contributed by atoms with Crippen LogP contribution < -0.4 is 12.3 Å². The molecule has 0 aromatic carbocycles. The first-order valence-electron chi connectivity index (χ1n) is 9.70. The number of fused-ring (bicyclic) bond motifs is 2. The third-order valence-corrected chi connectivity index (χ3v) is 5.15. The Morgan fingerprint density at radius 2 is 0.963 bits per heavy atom. The first-order valence-corrected chi connectivity index (χ1v) is 10.1. The van der Waals surface area contributed by atoms with E-state index < -0.39 is 0 Å². The zero-order valence-electron chi connectivity index (χ0n) is 16.4. The van der Waals surface area contributed by atoms with Gasteiger partial charge in [0.05, 0.1) is 11.7 Å². The highest BCUT2D eigenvalue weighted by Gasteiger charge is 2.17. The predicted molar refractivity (Wildman–Crippen MR) is 121 cm³/mol. The van der Waals surface area contributed by atoms with Gasteiger partial charge in [0.2, 0.25) is 0 Å². The molecule has 160 valence electrons. The summed E-state index contributed by atoms with van der Waals surface area (Å²) >= 11 is 3.33. The van der Waals surface area contributed by atoms with Gasteiger partial charge in [-0.05, 0) is 38.5 Å². The summed E-state index contributed by atoms with van der Waals surface area (Å²) in [7, 11) is 0. The van der Waals surface area contributed by atoms with Gasteiger partial charge in [-0.15, -0.1) is 0 Å². The highest BCUT2D eigenvalue weighted by molar-refractivity contribution is 7.45. The van der Waals surface area contributed by atoms with Crippen LogP contribution in [0.2, 0.25) is 0 Å². The van der Waals surface area contributed by atoms with E-state index in [9.17, 15) is 0 Å². The second kappa shape index (κ2) is 17.0. The summed E-state index contributed by atoms with van der Waals surface area (Å²) in [5.74, 6) is 2.79. The summed E-state index contributed by atoms with van der Waals surface area (Å²) in [4.78, 5) is 14.1. The minimum absolute atomic E-state index is 0. The summed E-state index contributed by atoms with van der Waals surface area (Å²) in [6, 6.07) is 0. The number of nitrogens with zero attached hydrogens (tertiary/aromatic N) is 4. The smallest absolute Gasteiger partial charge is 0.0988 e. The Labute approximate surface area is 172 Å². The van der Waals surface area contributed by atoms with Gasteiger partial charge in [0.25, 0.3) is 0 Å². The van der Waals surface area contributed by atoms with Crippen LogP contribution in [-0.4, -0.2) is 60.7 Å². The van der Waals surface area contributed by atoms with Gasteiger partial charge < -0.3 is 22.1 Å². The summed E-state index contributed by atoms with van der Waals surface area (Å²) < 4.78 is 5.33. The van der Waals surface area contributed by atoms with Gasteiger partial charge in [-0.3, -0.25) is 9.98 Å². The molecule has 8 heteroatoms. The van der Waals surface area contributed by atoms with Gasteiger partial charge in [-0.25, -0.2) is 4.78 Å². The largest absolute Gasteiger partial charge is 0.360 e. The highest BCUT2D eigenvalue weighted by atomic mass is 32.1. The van der Waals surface area contributed by atoms with E-state index in [1.807, 2.05) is 0 Å². The van der Waals surface area contributed by atoms with Crippen molar-refractivity contribution in [1.82, 2.24) is 22.1 Å². The van der Waals surface area contributed by atoms with Gasteiger partial charge in [0, 0.05) is 64.5 Å². The fourth-order valence-corrected chi connectivity index (χ4v) is 3.88. The lowest BCUT2D eigenvalue weighted by Gasteiger charge is -2.27. The lowest BCUT2D eigenvalue weighted by molar-refractivity contribution is 0.391. The minimum Gasteiger partial charge on any atom is -0.360 e. The first kappa shape index (κ1) is 28.1. The van der Waals surface area contributed by atoms with Crippen LogP contribution in [0.5, 0.6) is 0 Å². The number of hydrogen-bond donors (Lipinski definition) is 3. The average molecular weight is 402 g/mol. The number of hydrogen-bond acceptors (Lipinski definition) is 8. The fourth-order valence-electron chi connectivity index (χ4n) is 3.88. The molecule has 7 nitrogen and oxygen atoms in total. The predicted octanol–water partition coefficient (Wildman–Crippen LogP) is 4.58. The number of rotatable bonds is 0. The molecule has 0 aromatic heterocycles. The molecular formula is C19H43N7S. The quantitative estimate of drug-likeness (QED) is 0.547. The van der Waals surface area contributed by atoms with Crippen LogP contribution in [0.1, 0.15) is 71.6 Å². The van der Waals surface area contributed by atoms with Gasteiger partial charge >= 0.3 is 0 Å². The van der Waals surface area contributed by atoms with Crippen molar-refractivity contribution in [2.45, 2.75) is 71.6 Å². The van der Waals surface area contributed by atoms with Crippen LogP contribution in [0.15, 0.2) is 9.98 Å². The molecule has 4 rings (SSSR count). The number of amidine groups is 2. The maximum Gasteiger partial charge on any atom is 0.0988 e. The molecular weight excluding hydrogens is 358 g/mol. The lowest BCUT2D eigenvalue weighted by atomic mass is 10.2. The molecule has 0 spiro atoms. The molecule has 2 saturated heterocycles. The number of aliphatic imine (C=N–C) groups is 2. The Morgan fingerprint density at radius 1 is 0.593 bits per heavy atom. The van der Waals surface area contributed by atoms with Gasteiger partial charge in [0.1, 0.15) is 0 Å². The molecule has 0 saturated carbocycles. The van der Waals surface area contributed by atoms with Crippen molar-refractivity contribution in [3.63, 3.8) is 0 Å². The number of nitrogens with one attached hydrogen (secondary N) is 1. The van der Waals surface area contributed by atoms with Crippen molar-refractivity contribution in [2.75, 3.05) is 39.3 Å². The summed E-state index contributed by atoms with van der Waals surface area (Å²) in [5.41, 5.74) is 0. The molecule has 0 radical (unpaired) electrons. The van der Waals surface area contributed by atoms with Crippen molar-refractivity contribution >= 4 is 24.1 Å². The summed E-state index contributed by atoms with van der Waals surface area (Å²) in [6.45, 7) is 7.20. The van der Waals surface area contributed by atoms with E-state index in [1.165, 1.54) is 102 Å². The van der Waals surface area contributed by atoms with E-state index in [-0.39, 0.29) is 19.7 Å². The topological polar surface area (TPSA) is 125 Å². The van der Waals surface area contributed by atoms with Crippen LogP contribution in [0.25, 0.3) is 0 Å². The van der Waals surface area contributed by atoms with Crippen molar-refractivity contribution in [2.24, 2.45) is 9.98 Å². The molecule has 0 atom stereocenters. The molecule has 0 aliphatic carbocycles. The van der Waals surface area contributed by atoms with E-state index in [1.54, 1.807) is 0 Å². The SMILES string of the molecule is C.C1CCC2=NCCCN2CC1.C1CCC2=NCCCN2CC1.N.N.N=S. The Morgan fingerprint density at radius 3 is 1.37 bits per heavy atom. The van der Waals surface area contributed by atoms with Gasteiger partial charge in [0.15, 0.2) is 0 Å². The standard InChI is InChI=1S/2C9H16N2.CH4.HNS.2H3N/c2*1-2-5-9-10-6-4-8-11(9)7-3-1;;1-2;;/h2*1-8H2;1H4;1H;2*1H3. The third-order valence-electron chi connectivity index (χ3n) is 5.15. The molecule has 7 N–H and O–H groups in total. The van der Waals surface area contributed by atoms with Crippen LogP contribution in [0.3, 0.4) is 0 Å². The molecule has 0 aromatic rings. The molecule has 2 fully saturated rings. The van der Waals surface area contributed by atoms with Crippen molar-refractivity contribution < 1.29 is 0 Å². The maximum atomic E-state index is 5.33. The molecule has 4 heterocycles. The molecule has 0 bridgehead atoms. The van der Waals surface area contributed by atoms with E-state index in [4.69, 9.17) is 4.78 Å². The normalized spacial score (nSPS) is 20.9. The third kappa shape index (κ3) is 9.58. The van der Waals surface area contributed by atoms with Crippen LogP contribution in [-0.2, 0) is 12.4 Å². The van der Waals surface area contributed by atoms with E-state index in [0.717, 1.165) is 13.1 Å². The summed E-state index contributed by atoms with van der Waals surface area (Å²) in [6.07, 6.45) is 13.3. The summed E-state index contributed by atoms with van der Waals surface area (Å²) in [5, 5.41) is 0. The van der Waals surface area contributed by atoms with Crippen LogP contribution in [0, 0.1) is 4.78 Å². The molecule has 27 heavy (non-hydrogen) atoms. The van der Waals surface area contributed by atoms with Crippen LogP contribution >= 0.6 is 0 Å². The molecule has 4 aliphatic heterocycles. The van der Waals surface area contributed by atoms with E-state index in [0.29, 0.717) is 0 Å². The zero-order chi connectivity index (χ0) is 17.0. The first-order chi connectivity index (χ1) is 11.9. The average Bonchev–Trinajstić information content (AvgIpc) is 3.04. The fraction of sp³-hybridized carbons (Fsp3) is 0.895. The van der Waals surface area contributed by atoms with Gasteiger partial charge in [-0.1, -0.05) is 20.3 Å². The van der Waals surface area contributed by atoms with Crippen molar-refractivity contribution in [3.05, 3.63) is 0 Å².